The lowest BCUT2D eigenvalue weighted by Gasteiger charge is -2.05. The second-order valence-electron chi connectivity index (χ2n) is 2.96. The molecule has 0 saturated carbocycles. The largest absolute Gasteiger partial charge is 0.374 e. The van der Waals surface area contributed by atoms with Gasteiger partial charge in [-0.3, -0.25) is 4.79 Å². The second kappa shape index (κ2) is 10.3. The summed E-state index contributed by atoms with van der Waals surface area (Å²) < 4.78 is 27.8. The van der Waals surface area contributed by atoms with Gasteiger partial charge < -0.3 is 10.1 Å². The van der Waals surface area contributed by atoms with E-state index in [1.54, 1.807) is 0 Å². The van der Waals surface area contributed by atoms with Gasteiger partial charge in [-0.2, -0.15) is 0 Å². The van der Waals surface area contributed by atoms with Crippen LogP contribution in [-0.2, 0) is 9.53 Å². The summed E-state index contributed by atoms with van der Waals surface area (Å²) in [5.41, 5.74) is 0. The summed E-state index contributed by atoms with van der Waals surface area (Å²) in [5.74, 6) is -0.0587. The van der Waals surface area contributed by atoms with Crippen LogP contribution >= 0.6 is 15.9 Å². The lowest BCUT2D eigenvalue weighted by atomic mass is 10.2. The van der Waals surface area contributed by atoms with Crippen LogP contribution < -0.4 is 5.32 Å². The summed E-state index contributed by atoms with van der Waals surface area (Å²) in [6.07, 6.45) is -0.190. The summed E-state index contributed by atoms with van der Waals surface area (Å²) in [6, 6.07) is 0. The van der Waals surface area contributed by atoms with E-state index in [1.807, 2.05) is 0 Å². The van der Waals surface area contributed by atoms with E-state index in [4.69, 9.17) is 0 Å². The molecule has 0 rings (SSSR count). The number of unbranched alkanes of at least 4 members (excludes halogenated alkanes) is 1. The summed E-state index contributed by atoms with van der Waals surface area (Å²) in [6.45, 7) is -0.145. The molecular weight excluding hydrogens is 272 g/mol. The quantitative estimate of drug-likeness (QED) is 0.520. The Labute approximate surface area is 96.7 Å². The van der Waals surface area contributed by atoms with Crippen LogP contribution in [0.1, 0.15) is 19.3 Å². The van der Waals surface area contributed by atoms with Gasteiger partial charge in [0.15, 0.2) is 0 Å². The van der Waals surface area contributed by atoms with Crippen molar-refractivity contribution in [3.8, 4) is 0 Å². The first kappa shape index (κ1) is 14.8. The molecule has 90 valence electrons. The van der Waals surface area contributed by atoms with Gasteiger partial charge in [-0.05, 0) is 12.8 Å². The predicted octanol–water partition coefficient (Wildman–Crippen LogP) is 1.95. The standard InChI is InChI=1S/C9H16BrF2NO2/c10-4-2-1-3-9(14)13-5-6-15-7-8(11)12/h8H,1-7H2,(H,13,14). The number of hydrogen-bond donors (Lipinski definition) is 1. The molecule has 0 atom stereocenters. The van der Waals surface area contributed by atoms with Crippen LogP contribution in [0.3, 0.4) is 0 Å². The summed E-state index contributed by atoms with van der Waals surface area (Å²) in [5, 5.41) is 3.48. The highest BCUT2D eigenvalue weighted by atomic mass is 79.9. The number of nitrogens with one attached hydrogen (secondary N) is 1. The first-order valence-electron chi connectivity index (χ1n) is 4.85. The Hall–Kier alpha value is -0.230. The van der Waals surface area contributed by atoms with E-state index in [2.05, 4.69) is 26.0 Å². The highest BCUT2D eigenvalue weighted by Crippen LogP contribution is 1.98. The number of hydrogen-bond acceptors (Lipinski definition) is 2. The first-order chi connectivity index (χ1) is 7.16. The van der Waals surface area contributed by atoms with E-state index < -0.39 is 13.0 Å². The maximum absolute atomic E-state index is 11.6. The highest BCUT2D eigenvalue weighted by Gasteiger charge is 2.02. The van der Waals surface area contributed by atoms with Crippen LogP contribution in [0.15, 0.2) is 0 Å². The molecule has 0 heterocycles. The van der Waals surface area contributed by atoms with Gasteiger partial charge in [-0.15, -0.1) is 0 Å². The zero-order chi connectivity index (χ0) is 11.5. The first-order valence-corrected chi connectivity index (χ1v) is 5.97. The molecule has 0 aromatic rings. The molecule has 3 nitrogen and oxygen atoms in total. The van der Waals surface area contributed by atoms with E-state index in [0.29, 0.717) is 13.0 Å². The van der Waals surface area contributed by atoms with E-state index in [-0.39, 0.29) is 12.5 Å². The molecule has 1 amide bonds. The third-order valence-electron chi connectivity index (χ3n) is 1.60. The minimum Gasteiger partial charge on any atom is -0.374 e. The Morgan fingerprint density at radius 2 is 2.13 bits per heavy atom. The van der Waals surface area contributed by atoms with Gasteiger partial charge in [-0.25, -0.2) is 8.78 Å². The molecule has 0 fully saturated rings. The van der Waals surface area contributed by atoms with Gasteiger partial charge >= 0.3 is 0 Å². The monoisotopic (exact) mass is 287 g/mol. The van der Waals surface area contributed by atoms with Crippen LogP contribution in [0.25, 0.3) is 0 Å². The normalized spacial score (nSPS) is 10.7. The maximum atomic E-state index is 11.6. The Bertz CT molecular complexity index is 170. The minimum atomic E-state index is -2.44. The van der Waals surface area contributed by atoms with Crippen molar-refractivity contribution >= 4 is 21.8 Å². The summed E-state index contributed by atoms with van der Waals surface area (Å²) >= 11 is 3.26. The zero-order valence-electron chi connectivity index (χ0n) is 8.48. The van der Waals surface area contributed by atoms with Gasteiger partial charge in [0.05, 0.1) is 6.61 Å². The number of carbonyl (C=O) groups is 1. The predicted molar refractivity (Wildman–Crippen MR) is 57.5 cm³/mol. The number of amides is 1. The molecule has 0 aromatic carbocycles. The molecule has 1 N–H and O–H groups in total. The van der Waals surface area contributed by atoms with Crippen LogP contribution in [0.5, 0.6) is 0 Å². The lowest BCUT2D eigenvalue weighted by Crippen LogP contribution is -2.27. The average Bonchev–Trinajstić information content (AvgIpc) is 2.17. The second-order valence-corrected chi connectivity index (χ2v) is 3.76. The van der Waals surface area contributed by atoms with Gasteiger partial charge in [0.1, 0.15) is 6.61 Å². The number of alkyl halides is 3. The van der Waals surface area contributed by atoms with E-state index in [9.17, 15) is 13.6 Å². The van der Waals surface area contributed by atoms with Crippen LogP contribution in [0, 0.1) is 0 Å². The van der Waals surface area contributed by atoms with Gasteiger partial charge in [0.2, 0.25) is 5.91 Å². The smallest absolute Gasteiger partial charge is 0.261 e. The Morgan fingerprint density at radius 3 is 2.73 bits per heavy atom. The topological polar surface area (TPSA) is 38.3 Å². The Morgan fingerprint density at radius 1 is 1.40 bits per heavy atom. The van der Waals surface area contributed by atoms with Crippen molar-refractivity contribution in [3.63, 3.8) is 0 Å². The Balaban J connectivity index is 3.17. The number of carbonyl (C=O) groups excluding carboxylic acids is 1. The molecule has 0 radical (unpaired) electrons. The number of ether oxygens (including phenoxy) is 1. The summed E-state index contributed by atoms with van der Waals surface area (Å²) in [7, 11) is 0. The van der Waals surface area contributed by atoms with Crippen molar-refractivity contribution in [1.29, 1.82) is 0 Å². The Kier molecular flexibility index (Phi) is 10.1. The van der Waals surface area contributed by atoms with Gasteiger partial charge in [-0.1, -0.05) is 15.9 Å². The van der Waals surface area contributed by atoms with Crippen LogP contribution in [0.4, 0.5) is 8.78 Å². The number of halogens is 3. The minimum absolute atomic E-state index is 0.0587. The molecule has 0 aliphatic rings. The fourth-order valence-electron chi connectivity index (χ4n) is 0.903. The molecule has 6 heteroatoms. The van der Waals surface area contributed by atoms with Crippen molar-refractivity contribution in [2.24, 2.45) is 0 Å². The lowest BCUT2D eigenvalue weighted by molar-refractivity contribution is -0.121. The fraction of sp³-hybridized carbons (Fsp3) is 0.889. The zero-order valence-corrected chi connectivity index (χ0v) is 10.1. The van der Waals surface area contributed by atoms with Crippen LogP contribution in [0.2, 0.25) is 0 Å². The maximum Gasteiger partial charge on any atom is 0.261 e. The molecule has 0 aliphatic carbocycles. The molecule has 0 spiro atoms. The van der Waals surface area contributed by atoms with Crippen LogP contribution in [-0.4, -0.2) is 37.4 Å². The molecule has 15 heavy (non-hydrogen) atoms. The molecule has 0 aromatic heterocycles. The van der Waals surface area contributed by atoms with E-state index in [0.717, 1.165) is 18.2 Å². The fourth-order valence-corrected chi connectivity index (χ4v) is 1.30. The molecule has 0 saturated heterocycles. The molecule has 0 unspecified atom stereocenters. The van der Waals surface area contributed by atoms with Crippen molar-refractivity contribution in [1.82, 2.24) is 5.32 Å². The van der Waals surface area contributed by atoms with E-state index in [1.165, 1.54) is 0 Å². The highest BCUT2D eigenvalue weighted by molar-refractivity contribution is 9.09. The third-order valence-corrected chi connectivity index (χ3v) is 2.16. The third kappa shape index (κ3) is 11.7. The van der Waals surface area contributed by atoms with Crippen molar-refractivity contribution in [2.75, 3.05) is 25.1 Å². The average molecular weight is 288 g/mol. The summed E-state index contributed by atoms with van der Waals surface area (Å²) in [4.78, 5) is 11.1. The van der Waals surface area contributed by atoms with Crippen molar-refractivity contribution < 1.29 is 18.3 Å². The van der Waals surface area contributed by atoms with E-state index >= 15 is 0 Å². The van der Waals surface area contributed by atoms with Crippen molar-refractivity contribution in [3.05, 3.63) is 0 Å². The van der Waals surface area contributed by atoms with Gasteiger partial charge in [0, 0.05) is 18.3 Å². The van der Waals surface area contributed by atoms with Crippen molar-refractivity contribution in [2.45, 2.75) is 25.7 Å². The SMILES string of the molecule is O=C(CCCCBr)NCCOCC(F)F. The molecule has 0 aliphatic heterocycles. The molecule has 0 bridgehead atoms. The molecular formula is C9H16BrF2NO2. The number of rotatable bonds is 9. The van der Waals surface area contributed by atoms with Gasteiger partial charge in [0.25, 0.3) is 6.43 Å².